The number of fused-ring (bicyclic) bond motifs is 1. The Bertz CT molecular complexity index is 596. The predicted molar refractivity (Wildman–Crippen MR) is 99.7 cm³/mol. The number of carbonyl (C=O) groups excluding carboxylic acids is 2. The smallest absolute Gasteiger partial charge is 0.240 e. The van der Waals surface area contributed by atoms with Crippen LogP contribution in [0.15, 0.2) is 24.3 Å². The zero-order valence-electron chi connectivity index (χ0n) is 15.0. The molecule has 0 atom stereocenters. The standard InChI is InChI=1S/C20H29N3O2/c24-19(21-12-7-15-22-13-4-1-5-14-22)16-23-18-10-3-2-8-17(18)9-6-11-20(23)25/h2-3,8,10H,1,4-7,9,11-16H2,(H,21,24). The molecule has 0 spiro atoms. The summed E-state index contributed by atoms with van der Waals surface area (Å²) in [5.74, 6) is -0.0166. The van der Waals surface area contributed by atoms with Gasteiger partial charge in [-0.05, 0) is 63.4 Å². The molecule has 2 aliphatic heterocycles. The third kappa shape index (κ3) is 5.05. The maximum atomic E-state index is 12.4. The van der Waals surface area contributed by atoms with E-state index in [-0.39, 0.29) is 18.4 Å². The molecule has 5 heteroatoms. The number of nitrogens with zero attached hydrogens (tertiary/aromatic N) is 2. The van der Waals surface area contributed by atoms with Gasteiger partial charge in [-0.15, -0.1) is 0 Å². The number of rotatable bonds is 6. The molecule has 1 fully saturated rings. The van der Waals surface area contributed by atoms with Crippen molar-refractivity contribution < 1.29 is 9.59 Å². The lowest BCUT2D eigenvalue weighted by Gasteiger charge is -2.26. The van der Waals surface area contributed by atoms with Gasteiger partial charge in [0.25, 0.3) is 0 Å². The third-order valence-electron chi connectivity index (χ3n) is 5.14. The first-order chi connectivity index (χ1) is 12.2. The zero-order valence-corrected chi connectivity index (χ0v) is 15.0. The summed E-state index contributed by atoms with van der Waals surface area (Å²) in [4.78, 5) is 28.8. The van der Waals surface area contributed by atoms with Gasteiger partial charge >= 0.3 is 0 Å². The fourth-order valence-corrected chi connectivity index (χ4v) is 3.77. The van der Waals surface area contributed by atoms with E-state index in [2.05, 4.69) is 16.3 Å². The van der Waals surface area contributed by atoms with Crippen LogP contribution in [0.2, 0.25) is 0 Å². The SMILES string of the molecule is O=C(CN1C(=O)CCCc2ccccc21)NCCCN1CCCCC1. The van der Waals surface area contributed by atoms with Gasteiger partial charge in [0.15, 0.2) is 0 Å². The van der Waals surface area contributed by atoms with Crippen LogP contribution in [0.5, 0.6) is 0 Å². The van der Waals surface area contributed by atoms with E-state index in [1.807, 2.05) is 18.2 Å². The fraction of sp³-hybridized carbons (Fsp3) is 0.600. The molecule has 25 heavy (non-hydrogen) atoms. The van der Waals surface area contributed by atoms with Gasteiger partial charge in [0.05, 0.1) is 0 Å². The lowest BCUT2D eigenvalue weighted by atomic mass is 10.1. The van der Waals surface area contributed by atoms with Gasteiger partial charge in [-0.3, -0.25) is 9.59 Å². The Morgan fingerprint density at radius 3 is 2.68 bits per heavy atom. The minimum absolute atomic E-state index is 0.0495. The van der Waals surface area contributed by atoms with Crippen molar-refractivity contribution >= 4 is 17.5 Å². The summed E-state index contributed by atoms with van der Waals surface area (Å²) in [5.41, 5.74) is 2.06. The highest BCUT2D eigenvalue weighted by Gasteiger charge is 2.23. The number of amides is 2. The van der Waals surface area contributed by atoms with E-state index in [1.165, 1.54) is 32.4 Å². The van der Waals surface area contributed by atoms with Crippen molar-refractivity contribution in [3.05, 3.63) is 29.8 Å². The highest BCUT2D eigenvalue weighted by atomic mass is 16.2. The van der Waals surface area contributed by atoms with Crippen molar-refractivity contribution in [1.82, 2.24) is 10.2 Å². The molecular formula is C20H29N3O2. The summed E-state index contributed by atoms with van der Waals surface area (Å²) in [7, 11) is 0. The summed E-state index contributed by atoms with van der Waals surface area (Å²) < 4.78 is 0. The van der Waals surface area contributed by atoms with Crippen LogP contribution in [-0.4, -0.2) is 49.4 Å². The first kappa shape index (κ1) is 17.9. The van der Waals surface area contributed by atoms with E-state index >= 15 is 0 Å². The molecule has 0 aliphatic carbocycles. The fourth-order valence-electron chi connectivity index (χ4n) is 3.77. The van der Waals surface area contributed by atoms with Crippen molar-refractivity contribution in [3.63, 3.8) is 0 Å². The molecule has 1 saturated heterocycles. The van der Waals surface area contributed by atoms with Crippen LogP contribution >= 0.6 is 0 Å². The average Bonchev–Trinajstić information content (AvgIpc) is 2.79. The highest BCUT2D eigenvalue weighted by Crippen LogP contribution is 2.26. The molecule has 0 saturated carbocycles. The number of hydrogen-bond donors (Lipinski definition) is 1. The van der Waals surface area contributed by atoms with E-state index in [4.69, 9.17) is 0 Å². The lowest BCUT2D eigenvalue weighted by molar-refractivity contribution is -0.123. The van der Waals surface area contributed by atoms with Crippen molar-refractivity contribution in [1.29, 1.82) is 0 Å². The Labute approximate surface area is 150 Å². The molecule has 1 aromatic carbocycles. The number of anilines is 1. The number of aryl methyl sites for hydroxylation is 1. The van der Waals surface area contributed by atoms with Crippen LogP contribution in [0.4, 0.5) is 5.69 Å². The first-order valence-corrected chi connectivity index (χ1v) is 9.61. The molecule has 0 unspecified atom stereocenters. The molecule has 136 valence electrons. The zero-order chi connectivity index (χ0) is 17.5. The van der Waals surface area contributed by atoms with Crippen LogP contribution in [0.1, 0.15) is 44.1 Å². The van der Waals surface area contributed by atoms with Crippen LogP contribution in [0.3, 0.4) is 0 Å². The Morgan fingerprint density at radius 2 is 1.84 bits per heavy atom. The Kier molecular flexibility index (Phi) is 6.45. The number of benzene rings is 1. The largest absolute Gasteiger partial charge is 0.355 e. The van der Waals surface area contributed by atoms with E-state index in [0.717, 1.165) is 37.1 Å². The van der Waals surface area contributed by atoms with E-state index in [0.29, 0.717) is 13.0 Å². The summed E-state index contributed by atoms with van der Waals surface area (Å²) in [6.45, 7) is 4.23. The quantitative estimate of drug-likeness (QED) is 0.807. The van der Waals surface area contributed by atoms with Crippen molar-refractivity contribution in [2.24, 2.45) is 0 Å². The molecule has 0 aromatic heterocycles. The molecular weight excluding hydrogens is 314 g/mol. The molecule has 2 aliphatic rings. The van der Waals surface area contributed by atoms with Gasteiger partial charge < -0.3 is 15.1 Å². The number of hydrogen-bond acceptors (Lipinski definition) is 3. The summed E-state index contributed by atoms with van der Waals surface area (Å²) in [6.07, 6.45) is 7.16. The van der Waals surface area contributed by atoms with Gasteiger partial charge in [0.2, 0.25) is 11.8 Å². The summed E-state index contributed by atoms with van der Waals surface area (Å²) >= 11 is 0. The number of carbonyl (C=O) groups is 2. The lowest BCUT2D eigenvalue weighted by Crippen LogP contribution is -2.41. The average molecular weight is 343 g/mol. The maximum Gasteiger partial charge on any atom is 0.240 e. The summed E-state index contributed by atoms with van der Waals surface area (Å²) in [5, 5.41) is 2.98. The van der Waals surface area contributed by atoms with Gasteiger partial charge in [0, 0.05) is 18.7 Å². The van der Waals surface area contributed by atoms with Gasteiger partial charge in [0.1, 0.15) is 6.54 Å². The molecule has 0 bridgehead atoms. The molecule has 2 amide bonds. The minimum Gasteiger partial charge on any atom is -0.355 e. The molecule has 1 aromatic rings. The second-order valence-electron chi connectivity index (χ2n) is 7.07. The van der Waals surface area contributed by atoms with E-state index in [1.54, 1.807) is 4.90 Å². The maximum absolute atomic E-state index is 12.4. The Hall–Kier alpha value is -1.88. The topological polar surface area (TPSA) is 52.7 Å². The molecule has 0 radical (unpaired) electrons. The van der Waals surface area contributed by atoms with Crippen molar-refractivity contribution in [2.45, 2.75) is 44.9 Å². The monoisotopic (exact) mass is 343 g/mol. The second kappa shape index (κ2) is 8.99. The predicted octanol–water partition coefficient (Wildman–Crippen LogP) is 2.35. The van der Waals surface area contributed by atoms with Crippen LogP contribution in [0, 0.1) is 0 Å². The Balaban J connectivity index is 1.47. The van der Waals surface area contributed by atoms with Gasteiger partial charge in [-0.2, -0.15) is 0 Å². The third-order valence-corrected chi connectivity index (χ3v) is 5.14. The molecule has 3 rings (SSSR count). The molecule has 5 nitrogen and oxygen atoms in total. The normalized spacial score (nSPS) is 18.6. The van der Waals surface area contributed by atoms with Crippen LogP contribution in [0.25, 0.3) is 0 Å². The summed E-state index contributed by atoms with van der Waals surface area (Å²) in [6, 6.07) is 7.92. The van der Waals surface area contributed by atoms with E-state index < -0.39 is 0 Å². The van der Waals surface area contributed by atoms with Crippen LogP contribution in [-0.2, 0) is 16.0 Å². The number of para-hydroxylation sites is 1. The number of likely N-dealkylation sites (tertiary alicyclic amines) is 1. The van der Waals surface area contributed by atoms with E-state index in [9.17, 15) is 9.59 Å². The van der Waals surface area contributed by atoms with Gasteiger partial charge in [-0.25, -0.2) is 0 Å². The van der Waals surface area contributed by atoms with Gasteiger partial charge in [-0.1, -0.05) is 24.6 Å². The second-order valence-corrected chi connectivity index (χ2v) is 7.07. The van der Waals surface area contributed by atoms with Crippen molar-refractivity contribution in [3.8, 4) is 0 Å². The molecule has 2 heterocycles. The molecule has 1 N–H and O–H groups in total. The van der Waals surface area contributed by atoms with Crippen LogP contribution < -0.4 is 10.2 Å². The first-order valence-electron chi connectivity index (χ1n) is 9.61. The van der Waals surface area contributed by atoms with Crippen molar-refractivity contribution in [2.75, 3.05) is 37.6 Å². The number of piperidine rings is 1. The number of nitrogens with one attached hydrogen (secondary N) is 1. The highest BCUT2D eigenvalue weighted by molar-refractivity contribution is 5.99. The Morgan fingerprint density at radius 1 is 1.04 bits per heavy atom. The minimum atomic E-state index is -0.0660.